The SMILES string of the molecule is Fc1ccc(Nc2ccc(F)c(F)c2)cc1.OC1CPC(O)C1N(c1ccc(F)cc1)c1ccc(F)c(F)c1. The highest BCUT2D eigenvalue weighted by molar-refractivity contribution is 7.39. The van der Waals surface area contributed by atoms with Crippen LogP contribution in [0.2, 0.25) is 0 Å². The van der Waals surface area contributed by atoms with Gasteiger partial charge in [-0.25, -0.2) is 26.3 Å². The van der Waals surface area contributed by atoms with Crippen LogP contribution in [0, 0.1) is 34.9 Å². The van der Waals surface area contributed by atoms with E-state index in [1.807, 2.05) is 0 Å². The Hall–Kier alpha value is -3.59. The third-order valence-corrected chi connectivity index (χ3v) is 7.30. The van der Waals surface area contributed by atoms with E-state index in [1.54, 1.807) is 0 Å². The number of anilines is 4. The van der Waals surface area contributed by atoms with Crippen molar-refractivity contribution in [2.24, 2.45) is 0 Å². The highest BCUT2D eigenvalue weighted by atomic mass is 31.1. The van der Waals surface area contributed by atoms with Gasteiger partial charge in [0.15, 0.2) is 23.3 Å². The third kappa shape index (κ3) is 7.09. The number of benzene rings is 4. The molecule has 1 aliphatic heterocycles. The summed E-state index contributed by atoms with van der Waals surface area (Å²) in [6, 6.07) is 17.1. The molecular weight excluding hydrogens is 541 g/mol. The van der Waals surface area contributed by atoms with Crippen LogP contribution in [0.5, 0.6) is 0 Å². The minimum Gasteiger partial charge on any atom is -0.390 e. The molecule has 0 aromatic heterocycles. The monoisotopic (exact) mass is 564 g/mol. The number of hydrogen-bond donors (Lipinski definition) is 3. The predicted octanol–water partition coefficient (Wildman–Crippen LogP) is 6.83. The molecule has 39 heavy (non-hydrogen) atoms. The van der Waals surface area contributed by atoms with Crippen molar-refractivity contribution in [2.75, 3.05) is 16.4 Å². The van der Waals surface area contributed by atoms with Crippen molar-refractivity contribution in [1.82, 2.24) is 0 Å². The molecule has 0 radical (unpaired) electrons. The van der Waals surface area contributed by atoms with Crippen LogP contribution >= 0.6 is 8.58 Å². The van der Waals surface area contributed by atoms with Crippen LogP contribution in [0.15, 0.2) is 84.9 Å². The third-order valence-electron chi connectivity index (χ3n) is 5.89. The minimum absolute atomic E-state index is 0.140. The Morgan fingerprint density at radius 3 is 1.67 bits per heavy atom. The number of halogens is 6. The summed E-state index contributed by atoms with van der Waals surface area (Å²) in [4.78, 5) is 1.53. The smallest absolute Gasteiger partial charge is 0.160 e. The van der Waals surface area contributed by atoms with Gasteiger partial charge in [-0.2, -0.15) is 0 Å². The molecule has 0 saturated carbocycles. The van der Waals surface area contributed by atoms with E-state index < -0.39 is 47.1 Å². The first-order valence-corrected chi connectivity index (χ1v) is 13.0. The molecule has 4 aromatic rings. The standard InChI is InChI=1S/C16H15F3NO2P.C12H8F3N/c17-9-1-3-10(4-2-9)20(15-14(21)8-23-16(15)22)11-5-6-12(18)13(19)7-11;13-8-1-3-9(4-2-8)16-10-5-6-11(14)12(15)7-10/h1-7,14-16,21-23H,8H2;1-7,16H. The highest BCUT2D eigenvalue weighted by Crippen LogP contribution is 2.40. The first kappa shape index (κ1) is 28.4. The molecule has 1 fully saturated rings. The lowest BCUT2D eigenvalue weighted by molar-refractivity contribution is 0.126. The van der Waals surface area contributed by atoms with Crippen molar-refractivity contribution in [1.29, 1.82) is 0 Å². The van der Waals surface area contributed by atoms with E-state index in [4.69, 9.17) is 0 Å². The van der Waals surface area contributed by atoms with Crippen LogP contribution in [0.25, 0.3) is 0 Å². The molecule has 204 valence electrons. The fraction of sp³-hybridized carbons (Fsp3) is 0.143. The molecule has 3 N–H and O–H groups in total. The molecule has 0 spiro atoms. The predicted molar refractivity (Wildman–Crippen MR) is 140 cm³/mol. The Labute approximate surface area is 222 Å². The highest BCUT2D eigenvalue weighted by Gasteiger charge is 2.39. The van der Waals surface area contributed by atoms with Crippen molar-refractivity contribution in [2.45, 2.75) is 18.0 Å². The molecular formula is C28H23F6N2O2P. The van der Waals surface area contributed by atoms with Crippen molar-refractivity contribution < 1.29 is 36.6 Å². The van der Waals surface area contributed by atoms with E-state index >= 15 is 0 Å². The molecule has 0 amide bonds. The van der Waals surface area contributed by atoms with Gasteiger partial charge in [-0.3, -0.25) is 0 Å². The molecule has 5 rings (SSSR count). The van der Waals surface area contributed by atoms with Gasteiger partial charge in [0.2, 0.25) is 0 Å². The van der Waals surface area contributed by atoms with Crippen LogP contribution in [0.1, 0.15) is 0 Å². The number of nitrogens with zero attached hydrogens (tertiary/aromatic N) is 1. The Kier molecular flexibility index (Phi) is 9.12. The molecule has 11 heteroatoms. The van der Waals surface area contributed by atoms with Crippen LogP contribution in [0.3, 0.4) is 0 Å². The number of aliphatic hydroxyl groups excluding tert-OH is 2. The van der Waals surface area contributed by atoms with Crippen LogP contribution in [-0.2, 0) is 0 Å². The molecule has 4 nitrogen and oxygen atoms in total. The van der Waals surface area contributed by atoms with E-state index in [-0.39, 0.29) is 20.1 Å². The zero-order chi connectivity index (χ0) is 28.1. The van der Waals surface area contributed by atoms with Gasteiger partial charge >= 0.3 is 0 Å². The van der Waals surface area contributed by atoms with Crippen molar-refractivity contribution in [3.8, 4) is 0 Å². The number of nitrogens with one attached hydrogen (secondary N) is 1. The summed E-state index contributed by atoms with van der Waals surface area (Å²) in [6.45, 7) is 0. The summed E-state index contributed by atoms with van der Waals surface area (Å²) >= 11 is 0. The van der Waals surface area contributed by atoms with E-state index in [0.29, 0.717) is 23.2 Å². The maximum atomic E-state index is 13.6. The molecule has 4 aromatic carbocycles. The fourth-order valence-electron chi connectivity index (χ4n) is 4.01. The molecule has 1 heterocycles. The van der Waals surface area contributed by atoms with Crippen molar-refractivity contribution in [3.63, 3.8) is 0 Å². The largest absolute Gasteiger partial charge is 0.390 e. The van der Waals surface area contributed by atoms with Gasteiger partial charge in [-0.05, 0) is 79.0 Å². The Bertz CT molecular complexity index is 1400. The van der Waals surface area contributed by atoms with Crippen LogP contribution in [-0.4, -0.2) is 34.4 Å². The first-order chi connectivity index (χ1) is 18.6. The average Bonchev–Trinajstić information content (AvgIpc) is 3.24. The fourth-order valence-corrected chi connectivity index (χ4v) is 5.35. The second-order valence-electron chi connectivity index (χ2n) is 8.62. The van der Waals surface area contributed by atoms with Crippen molar-refractivity contribution >= 4 is 31.3 Å². The number of rotatable bonds is 5. The zero-order valence-electron chi connectivity index (χ0n) is 20.1. The number of hydrogen-bond acceptors (Lipinski definition) is 4. The Balaban J connectivity index is 0.000000193. The topological polar surface area (TPSA) is 55.7 Å². The van der Waals surface area contributed by atoms with Gasteiger partial charge in [-0.15, -0.1) is 0 Å². The van der Waals surface area contributed by atoms with E-state index in [1.165, 1.54) is 65.6 Å². The van der Waals surface area contributed by atoms with Gasteiger partial charge in [-0.1, -0.05) is 8.58 Å². The second kappa shape index (κ2) is 12.5. The van der Waals surface area contributed by atoms with Gasteiger partial charge in [0.05, 0.1) is 18.0 Å². The number of aliphatic hydroxyl groups is 2. The maximum Gasteiger partial charge on any atom is 0.160 e. The quantitative estimate of drug-likeness (QED) is 0.184. The second-order valence-corrected chi connectivity index (χ2v) is 10.0. The molecule has 4 unspecified atom stereocenters. The maximum absolute atomic E-state index is 13.6. The van der Waals surface area contributed by atoms with Gasteiger partial charge < -0.3 is 20.4 Å². The summed E-state index contributed by atoms with van der Waals surface area (Å²) < 4.78 is 78.1. The summed E-state index contributed by atoms with van der Waals surface area (Å²) in [5.41, 5.74) is 1.77. The normalized spacial score (nSPS) is 18.9. The minimum atomic E-state index is -1.03. The average molecular weight is 564 g/mol. The molecule has 0 bridgehead atoms. The lowest BCUT2D eigenvalue weighted by atomic mass is 10.1. The first-order valence-electron chi connectivity index (χ1n) is 11.7. The lowest BCUT2D eigenvalue weighted by Crippen LogP contribution is -2.44. The van der Waals surface area contributed by atoms with E-state index in [0.717, 1.165) is 24.3 Å². The van der Waals surface area contributed by atoms with Crippen molar-refractivity contribution in [3.05, 3.63) is 120 Å². The Morgan fingerprint density at radius 2 is 1.13 bits per heavy atom. The molecule has 0 aliphatic carbocycles. The van der Waals surface area contributed by atoms with Crippen LogP contribution in [0.4, 0.5) is 49.1 Å². The molecule has 1 aliphatic rings. The Morgan fingerprint density at radius 1 is 0.615 bits per heavy atom. The molecule has 4 atom stereocenters. The summed E-state index contributed by atoms with van der Waals surface area (Å²) in [6.07, 6.45) is -0.394. The summed E-state index contributed by atoms with van der Waals surface area (Å²) in [5, 5.41) is 23.2. The summed E-state index contributed by atoms with van der Waals surface area (Å²) in [5.74, 6) is -5.43. The van der Waals surface area contributed by atoms with E-state index in [9.17, 15) is 36.6 Å². The summed E-state index contributed by atoms with van der Waals surface area (Å²) in [7, 11) is 0.140. The lowest BCUT2D eigenvalue weighted by Gasteiger charge is -2.35. The molecule has 1 saturated heterocycles. The van der Waals surface area contributed by atoms with Crippen LogP contribution < -0.4 is 10.2 Å². The van der Waals surface area contributed by atoms with Gasteiger partial charge in [0.1, 0.15) is 11.6 Å². The van der Waals surface area contributed by atoms with Gasteiger partial charge in [0, 0.05) is 34.9 Å². The van der Waals surface area contributed by atoms with Gasteiger partial charge in [0.25, 0.3) is 0 Å². The van der Waals surface area contributed by atoms with E-state index in [2.05, 4.69) is 5.32 Å². The zero-order valence-corrected chi connectivity index (χ0v) is 21.1.